The molecule has 1 amide bonds. The van der Waals surface area contributed by atoms with Crippen LogP contribution in [0.5, 0.6) is 0 Å². The van der Waals surface area contributed by atoms with E-state index in [1.54, 1.807) is 11.3 Å². The summed E-state index contributed by atoms with van der Waals surface area (Å²) in [5.74, 6) is 0.782. The lowest BCUT2D eigenvalue weighted by molar-refractivity contribution is 0.0710. The van der Waals surface area contributed by atoms with Gasteiger partial charge in [-0.1, -0.05) is 48.5 Å². The Hall–Kier alpha value is -4.51. The summed E-state index contributed by atoms with van der Waals surface area (Å²) in [6.07, 6.45) is 4.59. The zero-order chi connectivity index (χ0) is 29.9. The summed E-state index contributed by atoms with van der Waals surface area (Å²) < 4.78 is 0. The fraction of sp³-hybridized carbons (Fsp3) is 0.270. The number of hydrogen-bond acceptors (Lipinski definition) is 6. The summed E-state index contributed by atoms with van der Waals surface area (Å²) in [6.45, 7) is 4.62. The monoisotopic (exact) mass is 597 g/mol. The van der Waals surface area contributed by atoms with E-state index < -0.39 is 0 Å². The number of thiophene rings is 1. The Labute approximate surface area is 262 Å². The Morgan fingerprint density at radius 3 is 2.43 bits per heavy atom. The van der Waals surface area contributed by atoms with Crippen LogP contribution in [0.1, 0.15) is 47.2 Å². The van der Waals surface area contributed by atoms with Crippen molar-refractivity contribution in [3.05, 3.63) is 107 Å². The number of fused-ring (bicyclic) bond motifs is 1. The maximum Gasteiger partial charge on any atom is 0.254 e. The van der Waals surface area contributed by atoms with E-state index in [1.165, 1.54) is 23.3 Å². The minimum Gasteiger partial charge on any atom is -0.366 e. The van der Waals surface area contributed by atoms with E-state index in [4.69, 9.17) is 4.98 Å². The molecule has 3 aromatic carbocycles. The summed E-state index contributed by atoms with van der Waals surface area (Å²) in [5.41, 5.74) is 6.48. The molecule has 4 heterocycles. The molecule has 2 aliphatic rings. The van der Waals surface area contributed by atoms with Gasteiger partial charge in [0.25, 0.3) is 5.91 Å². The van der Waals surface area contributed by atoms with Gasteiger partial charge < -0.3 is 15.1 Å². The Bertz CT molecular complexity index is 1800. The molecule has 5 aromatic rings. The summed E-state index contributed by atoms with van der Waals surface area (Å²) in [5, 5.41) is 15.7. The van der Waals surface area contributed by atoms with Crippen LogP contribution in [0.4, 0.5) is 5.82 Å². The highest BCUT2D eigenvalue weighted by molar-refractivity contribution is 7.13. The van der Waals surface area contributed by atoms with Crippen molar-refractivity contribution < 1.29 is 4.79 Å². The third kappa shape index (κ3) is 5.96. The van der Waals surface area contributed by atoms with Crippen molar-refractivity contribution in [3.63, 3.8) is 0 Å². The summed E-state index contributed by atoms with van der Waals surface area (Å²) in [6, 6.07) is 30.9. The number of rotatable bonds is 8. The third-order valence-electron chi connectivity index (χ3n) is 8.93. The maximum atomic E-state index is 14.4. The molecular formula is C37H35N5OS. The van der Waals surface area contributed by atoms with E-state index in [1.807, 2.05) is 42.5 Å². The number of carbonyl (C=O) groups excluding carboxylic acids is 1. The smallest absolute Gasteiger partial charge is 0.254 e. The maximum absolute atomic E-state index is 14.4. The molecule has 1 N–H and O–H groups in total. The summed E-state index contributed by atoms with van der Waals surface area (Å²) in [4.78, 5) is 25.2. The third-order valence-corrected chi connectivity index (χ3v) is 9.84. The number of nitrogens with zero attached hydrogens (tertiary/aromatic N) is 4. The fourth-order valence-electron chi connectivity index (χ4n) is 6.54. The van der Waals surface area contributed by atoms with Crippen LogP contribution in [-0.2, 0) is 6.54 Å². The van der Waals surface area contributed by atoms with Crippen molar-refractivity contribution in [3.8, 4) is 27.6 Å². The highest BCUT2D eigenvalue weighted by Crippen LogP contribution is 2.31. The lowest BCUT2D eigenvalue weighted by Crippen LogP contribution is -2.42. The van der Waals surface area contributed by atoms with E-state index in [0.717, 1.165) is 66.6 Å². The van der Waals surface area contributed by atoms with Gasteiger partial charge in [-0.05, 0) is 103 Å². The van der Waals surface area contributed by atoms with Gasteiger partial charge in [-0.15, -0.1) is 11.3 Å². The molecule has 2 fully saturated rings. The number of nitriles is 1. The molecule has 2 saturated heterocycles. The zero-order valence-corrected chi connectivity index (χ0v) is 25.5. The predicted molar refractivity (Wildman–Crippen MR) is 179 cm³/mol. The lowest BCUT2D eigenvalue weighted by atomic mass is 9.99. The molecule has 0 spiro atoms. The standard InChI is InChI=1S/C37H35N5OS/c38-23-26-7-11-28(12-8-26)30-15-16-34-32(21-30)33(37(43)42-19-3-5-31(42)25-41-17-1-2-18-41)22-36(40-34)39-24-27-9-13-29(14-10-27)35-6-4-20-44-35/h4,6-16,20-22,31H,1-3,5,17-19,24-25H2,(H,39,40)/t31-/m0/s1. The molecule has 0 radical (unpaired) electrons. The molecule has 2 aliphatic heterocycles. The molecule has 7 heteroatoms. The number of carbonyl (C=O) groups is 1. The van der Waals surface area contributed by atoms with E-state index >= 15 is 0 Å². The molecule has 44 heavy (non-hydrogen) atoms. The minimum atomic E-state index is 0.0828. The summed E-state index contributed by atoms with van der Waals surface area (Å²) >= 11 is 1.74. The number of nitrogens with one attached hydrogen (secondary N) is 1. The largest absolute Gasteiger partial charge is 0.366 e. The van der Waals surface area contributed by atoms with E-state index in [0.29, 0.717) is 23.5 Å². The van der Waals surface area contributed by atoms with Crippen LogP contribution < -0.4 is 5.32 Å². The van der Waals surface area contributed by atoms with Gasteiger partial charge in [-0.2, -0.15) is 5.26 Å². The van der Waals surface area contributed by atoms with Crippen LogP contribution in [0.3, 0.4) is 0 Å². The topological polar surface area (TPSA) is 72.3 Å². The molecule has 7 rings (SSSR count). The van der Waals surface area contributed by atoms with Gasteiger partial charge in [0.1, 0.15) is 5.82 Å². The first-order valence-electron chi connectivity index (χ1n) is 15.5. The van der Waals surface area contributed by atoms with Gasteiger partial charge >= 0.3 is 0 Å². The van der Waals surface area contributed by atoms with Gasteiger partial charge in [-0.25, -0.2) is 4.98 Å². The first kappa shape index (κ1) is 28.3. The predicted octanol–water partition coefficient (Wildman–Crippen LogP) is 7.81. The molecule has 6 nitrogen and oxygen atoms in total. The normalized spacial score (nSPS) is 16.8. The van der Waals surface area contributed by atoms with Gasteiger partial charge in [-0.3, -0.25) is 4.79 Å². The molecule has 0 saturated carbocycles. The van der Waals surface area contributed by atoms with Crippen molar-refractivity contribution in [2.75, 3.05) is 31.5 Å². The average Bonchev–Trinajstić information content (AvgIpc) is 3.88. The van der Waals surface area contributed by atoms with Crippen LogP contribution in [0, 0.1) is 11.3 Å². The van der Waals surface area contributed by atoms with E-state index in [9.17, 15) is 10.1 Å². The fourth-order valence-corrected chi connectivity index (χ4v) is 7.28. The molecule has 0 unspecified atom stereocenters. The van der Waals surface area contributed by atoms with Crippen molar-refractivity contribution in [1.82, 2.24) is 14.8 Å². The molecule has 0 aliphatic carbocycles. The molecule has 220 valence electrons. The number of likely N-dealkylation sites (tertiary alicyclic amines) is 2. The van der Waals surface area contributed by atoms with Crippen molar-refractivity contribution >= 4 is 34.0 Å². The molecular weight excluding hydrogens is 563 g/mol. The second-order valence-corrected chi connectivity index (χ2v) is 12.8. The number of anilines is 1. The van der Waals surface area contributed by atoms with Crippen LogP contribution in [0.2, 0.25) is 0 Å². The minimum absolute atomic E-state index is 0.0828. The van der Waals surface area contributed by atoms with E-state index in [2.05, 4.69) is 69.0 Å². The van der Waals surface area contributed by atoms with Crippen LogP contribution in [-0.4, -0.2) is 52.9 Å². The second-order valence-electron chi connectivity index (χ2n) is 11.8. The average molecular weight is 598 g/mol. The van der Waals surface area contributed by atoms with Gasteiger partial charge in [0.05, 0.1) is 22.7 Å². The Balaban J connectivity index is 1.20. The lowest BCUT2D eigenvalue weighted by Gasteiger charge is -2.29. The molecule has 1 atom stereocenters. The Kier molecular flexibility index (Phi) is 8.10. The molecule has 0 bridgehead atoms. The number of amides is 1. The van der Waals surface area contributed by atoms with Crippen molar-refractivity contribution in [2.24, 2.45) is 0 Å². The number of aromatic nitrogens is 1. The quantitative estimate of drug-likeness (QED) is 0.198. The highest BCUT2D eigenvalue weighted by atomic mass is 32.1. The number of benzene rings is 3. The SMILES string of the molecule is N#Cc1ccc(-c2ccc3nc(NCc4ccc(-c5cccs5)cc4)cc(C(=O)N4CCC[C@H]4CN4CCCC4)c3c2)cc1. The Morgan fingerprint density at radius 1 is 0.909 bits per heavy atom. The van der Waals surface area contributed by atoms with Crippen LogP contribution in [0.15, 0.2) is 90.3 Å². The first-order chi connectivity index (χ1) is 21.6. The summed E-state index contributed by atoms with van der Waals surface area (Å²) in [7, 11) is 0. The van der Waals surface area contributed by atoms with Gasteiger partial charge in [0.15, 0.2) is 0 Å². The van der Waals surface area contributed by atoms with Crippen LogP contribution >= 0.6 is 11.3 Å². The van der Waals surface area contributed by atoms with Crippen molar-refractivity contribution in [2.45, 2.75) is 38.3 Å². The van der Waals surface area contributed by atoms with Gasteiger partial charge in [0.2, 0.25) is 0 Å². The second kappa shape index (κ2) is 12.6. The Morgan fingerprint density at radius 2 is 1.68 bits per heavy atom. The number of hydrogen-bond donors (Lipinski definition) is 1. The zero-order valence-electron chi connectivity index (χ0n) is 24.7. The highest BCUT2D eigenvalue weighted by Gasteiger charge is 2.32. The molecule has 2 aromatic heterocycles. The van der Waals surface area contributed by atoms with Crippen molar-refractivity contribution in [1.29, 1.82) is 5.26 Å². The van der Waals surface area contributed by atoms with Crippen LogP contribution in [0.25, 0.3) is 32.5 Å². The van der Waals surface area contributed by atoms with E-state index in [-0.39, 0.29) is 11.9 Å². The number of pyridine rings is 1. The van der Waals surface area contributed by atoms with Gasteiger partial charge in [0, 0.05) is 35.9 Å². The first-order valence-corrected chi connectivity index (χ1v) is 16.4.